The molecule has 1 N–H and O–H groups in total. The molecule has 0 fully saturated rings. The molecule has 0 spiro atoms. The van der Waals surface area contributed by atoms with E-state index in [1.807, 2.05) is 0 Å². The minimum Gasteiger partial charge on any atom is -0.308 e. The smallest absolute Gasteiger partial charge is 0.259 e. The van der Waals surface area contributed by atoms with Gasteiger partial charge in [-0.05, 0) is 31.2 Å². The lowest BCUT2D eigenvalue weighted by molar-refractivity contribution is 0.641. The highest BCUT2D eigenvalue weighted by molar-refractivity contribution is 7.84. The number of H-pyrrole nitrogens is 1. The fraction of sp³-hybridized carbons (Fsp3) is 0.429. The Morgan fingerprint density at radius 1 is 1.39 bits per heavy atom. The third-order valence-electron chi connectivity index (χ3n) is 4.03. The van der Waals surface area contributed by atoms with E-state index in [2.05, 4.69) is 20.2 Å². The van der Waals surface area contributed by atoms with Gasteiger partial charge in [0.05, 0.1) is 22.7 Å². The predicted molar refractivity (Wildman–Crippen MR) is 88.3 cm³/mol. The Morgan fingerprint density at radius 2 is 2.22 bits per heavy atom. The van der Waals surface area contributed by atoms with Gasteiger partial charge in [0, 0.05) is 11.1 Å². The highest BCUT2D eigenvalue weighted by Crippen LogP contribution is 2.33. The summed E-state index contributed by atoms with van der Waals surface area (Å²) in [5, 5.41) is 8.75. The molecule has 3 aromatic heterocycles. The molecule has 0 saturated heterocycles. The highest BCUT2D eigenvalue weighted by Gasteiger charge is 2.20. The second kappa shape index (κ2) is 5.64. The number of thiophene rings is 1. The second-order valence-corrected chi connectivity index (χ2v) is 7.96. The molecule has 0 radical (unpaired) electrons. The molecular weight excluding hydrogens is 334 g/mol. The lowest BCUT2D eigenvalue weighted by Gasteiger charge is -2.09. The maximum Gasteiger partial charge on any atom is 0.259 e. The first-order valence-corrected chi connectivity index (χ1v) is 9.75. The van der Waals surface area contributed by atoms with Crippen LogP contribution in [0.25, 0.3) is 10.2 Å². The topological polar surface area (TPSA) is 93.5 Å². The van der Waals surface area contributed by atoms with Crippen LogP contribution < -0.4 is 5.56 Å². The van der Waals surface area contributed by atoms with Crippen molar-refractivity contribution in [3.63, 3.8) is 0 Å². The normalized spacial score (nSPS) is 15.7. The standard InChI is InChI=1S/C14H15N5O2S2/c1-23(21)14-18-15-7-19(14)6-10-16-12(20)11-8-4-2-3-5-9(8)22-13(11)17-10/h7H,2-6H2,1H3,(H,16,17,20). The summed E-state index contributed by atoms with van der Waals surface area (Å²) in [6.07, 6.45) is 7.36. The molecule has 1 unspecified atom stereocenters. The van der Waals surface area contributed by atoms with Gasteiger partial charge in [-0.3, -0.25) is 13.6 Å². The Kier molecular flexibility index (Phi) is 3.61. The first-order chi connectivity index (χ1) is 11.1. The first kappa shape index (κ1) is 14.7. The van der Waals surface area contributed by atoms with E-state index in [9.17, 15) is 9.00 Å². The summed E-state index contributed by atoms with van der Waals surface area (Å²) < 4.78 is 13.3. The van der Waals surface area contributed by atoms with Crippen molar-refractivity contribution >= 4 is 32.4 Å². The summed E-state index contributed by atoms with van der Waals surface area (Å²) in [5.74, 6) is 0.535. The molecule has 3 heterocycles. The molecule has 9 heteroatoms. The van der Waals surface area contributed by atoms with E-state index in [0.717, 1.165) is 29.5 Å². The van der Waals surface area contributed by atoms with Crippen LogP contribution in [0.15, 0.2) is 16.3 Å². The van der Waals surface area contributed by atoms with E-state index in [0.29, 0.717) is 17.5 Å². The van der Waals surface area contributed by atoms with Gasteiger partial charge in [0.25, 0.3) is 5.56 Å². The average Bonchev–Trinajstić information content (AvgIpc) is 3.10. The largest absolute Gasteiger partial charge is 0.308 e. The van der Waals surface area contributed by atoms with Crippen LogP contribution in [0.2, 0.25) is 0 Å². The van der Waals surface area contributed by atoms with Crippen LogP contribution in [-0.4, -0.2) is 35.2 Å². The Balaban J connectivity index is 1.78. The number of nitrogens with one attached hydrogen (secondary N) is 1. The van der Waals surface area contributed by atoms with E-state index in [-0.39, 0.29) is 5.56 Å². The SMILES string of the molecule is CS(=O)c1nncn1Cc1nc2sc3c(c2c(=O)[nH]1)CCCC3. The first-order valence-electron chi connectivity index (χ1n) is 7.38. The van der Waals surface area contributed by atoms with Crippen molar-refractivity contribution in [1.82, 2.24) is 24.7 Å². The molecule has 7 nitrogen and oxygen atoms in total. The maximum atomic E-state index is 12.5. The summed E-state index contributed by atoms with van der Waals surface area (Å²) in [5.41, 5.74) is 1.09. The van der Waals surface area contributed by atoms with Crippen molar-refractivity contribution in [1.29, 1.82) is 0 Å². The van der Waals surface area contributed by atoms with E-state index >= 15 is 0 Å². The van der Waals surface area contributed by atoms with E-state index in [4.69, 9.17) is 0 Å². The number of aromatic amines is 1. The van der Waals surface area contributed by atoms with Crippen molar-refractivity contribution in [3.8, 4) is 0 Å². The van der Waals surface area contributed by atoms with Crippen LogP contribution in [0.4, 0.5) is 0 Å². The van der Waals surface area contributed by atoms with Crippen molar-refractivity contribution in [3.05, 3.63) is 32.9 Å². The zero-order valence-corrected chi connectivity index (χ0v) is 14.2. The molecule has 0 aliphatic heterocycles. The Labute approximate surface area is 138 Å². The van der Waals surface area contributed by atoms with Crippen LogP contribution in [0.1, 0.15) is 29.1 Å². The van der Waals surface area contributed by atoms with Crippen molar-refractivity contribution in [2.45, 2.75) is 37.4 Å². The number of nitrogens with zero attached hydrogens (tertiary/aromatic N) is 4. The van der Waals surface area contributed by atoms with Gasteiger partial charge in [-0.2, -0.15) is 0 Å². The van der Waals surface area contributed by atoms with E-state index < -0.39 is 10.8 Å². The summed E-state index contributed by atoms with van der Waals surface area (Å²) in [7, 11) is -1.24. The molecule has 0 aromatic carbocycles. The van der Waals surface area contributed by atoms with Gasteiger partial charge >= 0.3 is 0 Å². The van der Waals surface area contributed by atoms with Crippen LogP contribution in [0.5, 0.6) is 0 Å². The minimum atomic E-state index is -1.24. The molecule has 0 saturated carbocycles. The van der Waals surface area contributed by atoms with Gasteiger partial charge in [0.1, 0.15) is 17.0 Å². The number of aryl methyl sites for hydroxylation is 2. The molecule has 1 atom stereocenters. The van der Waals surface area contributed by atoms with Crippen molar-refractivity contribution < 1.29 is 4.21 Å². The summed E-state index contributed by atoms with van der Waals surface area (Å²) in [6, 6.07) is 0. The van der Waals surface area contributed by atoms with Gasteiger partial charge < -0.3 is 4.98 Å². The van der Waals surface area contributed by atoms with Crippen LogP contribution in [-0.2, 0) is 30.2 Å². The third-order valence-corrected chi connectivity index (χ3v) is 6.05. The summed E-state index contributed by atoms with van der Waals surface area (Å²) >= 11 is 1.62. The van der Waals surface area contributed by atoms with Crippen molar-refractivity contribution in [2.75, 3.05) is 6.26 Å². The maximum absolute atomic E-state index is 12.5. The molecule has 0 amide bonds. The second-order valence-electron chi connectivity index (χ2n) is 5.60. The third kappa shape index (κ3) is 2.53. The van der Waals surface area contributed by atoms with Crippen LogP contribution in [0, 0.1) is 0 Å². The Hall–Kier alpha value is -1.87. The quantitative estimate of drug-likeness (QED) is 0.768. The molecule has 4 rings (SSSR count). The number of hydrogen-bond acceptors (Lipinski definition) is 6. The van der Waals surface area contributed by atoms with Crippen LogP contribution >= 0.6 is 11.3 Å². The molecule has 0 bridgehead atoms. The van der Waals surface area contributed by atoms with E-state index in [1.54, 1.807) is 22.2 Å². The zero-order valence-electron chi connectivity index (χ0n) is 12.5. The van der Waals surface area contributed by atoms with Crippen molar-refractivity contribution in [2.24, 2.45) is 0 Å². The minimum absolute atomic E-state index is 0.0864. The molecule has 23 heavy (non-hydrogen) atoms. The van der Waals surface area contributed by atoms with Crippen LogP contribution in [0.3, 0.4) is 0 Å². The number of rotatable bonds is 3. The summed E-state index contributed by atoms with van der Waals surface area (Å²) in [6.45, 7) is 0.301. The monoisotopic (exact) mass is 349 g/mol. The van der Waals surface area contributed by atoms with Gasteiger partial charge in [-0.25, -0.2) is 4.98 Å². The molecule has 3 aromatic rings. The Bertz CT molecular complexity index is 971. The summed E-state index contributed by atoms with van der Waals surface area (Å²) in [4.78, 5) is 22.0. The average molecular weight is 349 g/mol. The fourth-order valence-electron chi connectivity index (χ4n) is 3.02. The van der Waals surface area contributed by atoms with Gasteiger partial charge in [-0.15, -0.1) is 21.5 Å². The Morgan fingerprint density at radius 3 is 3.04 bits per heavy atom. The molecular formula is C14H15N5O2S2. The highest BCUT2D eigenvalue weighted by atomic mass is 32.2. The molecule has 1 aliphatic rings. The molecule has 1 aliphatic carbocycles. The van der Waals surface area contributed by atoms with E-state index in [1.165, 1.54) is 23.2 Å². The van der Waals surface area contributed by atoms with Gasteiger partial charge in [0.15, 0.2) is 0 Å². The van der Waals surface area contributed by atoms with Gasteiger partial charge in [-0.1, -0.05) is 0 Å². The zero-order chi connectivity index (χ0) is 16.0. The number of aromatic nitrogens is 5. The lowest BCUT2D eigenvalue weighted by Crippen LogP contribution is -2.16. The number of fused-ring (bicyclic) bond motifs is 3. The fourth-order valence-corrected chi connectivity index (χ4v) is 4.91. The number of hydrogen-bond donors (Lipinski definition) is 1. The predicted octanol–water partition coefficient (Wildman–Crippen LogP) is 1.24. The molecule has 120 valence electrons. The van der Waals surface area contributed by atoms with Gasteiger partial charge in [0.2, 0.25) is 5.16 Å². The lowest BCUT2D eigenvalue weighted by atomic mass is 9.97.